The smallest absolute Gasteiger partial charge is 0.410 e. The topological polar surface area (TPSA) is 32.8 Å². The van der Waals surface area contributed by atoms with E-state index in [9.17, 15) is 13.6 Å². The zero-order valence-electron chi connectivity index (χ0n) is 13.2. The second kappa shape index (κ2) is 6.50. The maximum atomic E-state index is 13.6. The van der Waals surface area contributed by atoms with E-state index >= 15 is 0 Å². The van der Waals surface area contributed by atoms with E-state index in [1.165, 1.54) is 12.1 Å². The van der Waals surface area contributed by atoms with Crippen LogP contribution in [0.15, 0.2) is 18.2 Å². The molecule has 0 N–H and O–H groups in total. The number of alkyl halides is 1. The molecule has 4 nitrogen and oxygen atoms in total. The lowest BCUT2D eigenvalue weighted by atomic mass is 10.2. The SMILES string of the molecule is CC(C)(C)OC(=O)N1CCN(c2ccc(CF)c(F)c2)CC1. The summed E-state index contributed by atoms with van der Waals surface area (Å²) in [5, 5.41) is 0. The van der Waals surface area contributed by atoms with Gasteiger partial charge in [-0.1, -0.05) is 6.07 Å². The van der Waals surface area contributed by atoms with Gasteiger partial charge in [0.1, 0.15) is 18.1 Å². The van der Waals surface area contributed by atoms with Crippen molar-refractivity contribution in [1.82, 2.24) is 4.90 Å². The summed E-state index contributed by atoms with van der Waals surface area (Å²) in [5.74, 6) is -0.533. The lowest BCUT2D eigenvalue weighted by molar-refractivity contribution is 0.0240. The number of nitrogens with zero attached hydrogens (tertiary/aromatic N) is 2. The minimum absolute atomic E-state index is 0.0659. The van der Waals surface area contributed by atoms with Gasteiger partial charge in [0.25, 0.3) is 0 Å². The molecule has 1 aromatic carbocycles. The fraction of sp³-hybridized carbons (Fsp3) is 0.562. The molecule has 22 heavy (non-hydrogen) atoms. The predicted octanol–water partition coefficient (Wildman–Crippen LogP) is 3.35. The number of hydrogen-bond acceptors (Lipinski definition) is 3. The van der Waals surface area contributed by atoms with E-state index < -0.39 is 18.1 Å². The number of carbonyl (C=O) groups is 1. The number of carbonyl (C=O) groups excluding carboxylic acids is 1. The summed E-state index contributed by atoms with van der Waals surface area (Å²) in [4.78, 5) is 15.6. The number of piperazine rings is 1. The Kier molecular flexibility index (Phi) is 4.88. The number of ether oxygens (including phenoxy) is 1. The van der Waals surface area contributed by atoms with Crippen LogP contribution < -0.4 is 4.90 Å². The second-order valence-corrected chi connectivity index (χ2v) is 6.36. The molecule has 0 spiro atoms. The molecule has 0 radical (unpaired) electrons. The summed E-state index contributed by atoms with van der Waals surface area (Å²) < 4.78 is 31.5. The van der Waals surface area contributed by atoms with Crippen LogP contribution in [0.3, 0.4) is 0 Å². The van der Waals surface area contributed by atoms with Crippen LogP contribution in [0, 0.1) is 5.82 Å². The molecule has 1 fully saturated rings. The Morgan fingerprint density at radius 2 is 1.86 bits per heavy atom. The van der Waals surface area contributed by atoms with Gasteiger partial charge in [0, 0.05) is 37.4 Å². The monoisotopic (exact) mass is 312 g/mol. The molecular formula is C16H22F2N2O2. The Labute approximate surface area is 129 Å². The van der Waals surface area contributed by atoms with Gasteiger partial charge in [0.2, 0.25) is 0 Å². The highest BCUT2D eigenvalue weighted by Gasteiger charge is 2.26. The quantitative estimate of drug-likeness (QED) is 0.839. The molecule has 6 heteroatoms. The molecule has 1 saturated heterocycles. The second-order valence-electron chi connectivity index (χ2n) is 6.36. The molecule has 0 unspecified atom stereocenters. The summed E-state index contributed by atoms with van der Waals surface area (Å²) >= 11 is 0. The first-order valence-electron chi connectivity index (χ1n) is 7.37. The highest BCUT2D eigenvalue weighted by atomic mass is 19.1. The van der Waals surface area contributed by atoms with Crippen molar-refractivity contribution >= 4 is 11.8 Å². The fourth-order valence-corrected chi connectivity index (χ4v) is 2.32. The first-order valence-corrected chi connectivity index (χ1v) is 7.37. The largest absolute Gasteiger partial charge is 0.444 e. The molecule has 1 aliphatic heterocycles. The predicted molar refractivity (Wildman–Crippen MR) is 81.2 cm³/mol. The Bertz CT molecular complexity index is 535. The van der Waals surface area contributed by atoms with Crippen LogP contribution in [0.4, 0.5) is 19.3 Å². The van der Waals surface area contributed by atoms with Gasteiger partial charge in [-0.15, -0.1) is 0 Å². The van der Waals surface area contributed by atoms with E-state index in [0.29, 0.717) is 31.9 Å². The summed E-state index contributed by atoms with van der Waals surface area (Å²) in [6, 6.07) is 4.52. The minimum Gasteiger partial charge on any atom is -0.444 e. The highest BCUT2D eigenvalue weighted by molar-refractivity contribution is 5.68. The van der Waals surface area contributed by atoms with Gasteiger partial charge >= 0.3 is 6.09 Å². The van der Waals surface area contributed by atoms with Crippen LogP contribution in [0.1, 0.15) is 26.3 Å². The van der Waals surface area contributed by atoms with Crippen molar-refractivity contribution in [2.75, 3.05) is 31.1 Å². The van der Waals surface area contributed by atoms with Crippen molar-refractivity contribution in [3.8, 4) is 0 Å². The molecule has 1 heterocycles. The number of halogens is 2. The first-order chi connectivity index (χ1) is 10.3. The molecule has 0 bridgehead atoms. The van der Waals surface area contributed by atoms with Gasteiger partial charge in [-0.3, -0.25) is 0 Å². The molecular weight excluding hydrogens is 290 g/mol. The van der Waals surface area contributed by atoms with Crippen LogP contribution in [0.5, 0.6) is 0 Å². The van der Waals surface area contributed by atoms with Gasteiger partial charge in [0.05, 0.1) is 0 Å². The first kappa shape index (κ1) is 16.5. The third-order valence-corrected chi connectivity index (χ3v) is 3.48. The zero-order chi connectivity index (χ0) is 16.3. The van der Waals surface area contributed by atoms with Crippen LogP contribution in [0.2, 0.25) is 0 Å². The zero-order valence-corrected chi connectivity index (χ0v) is 13.2. The van der Waals surface area contributed by atoms with Crippen molar-refractivity contribution in [2.45, 2.75) is 33.0 Å². The van der Waals surface area contributed by atoms with Gasteiger partial charge in [0.15, 0.2) is 0 Å². The molecule has 1 aromatic rings. The van der Waals surface area contributed by atoms with Gasteiger partial charge in [-0.25, -0.2) is 13.6 Å². The molecule has 1 amide bonds. The summed E-state index contributed by atoms with van der Waals surface area (Å²) in [5.41, 5.74) is 0.259. The van der Waals surface area contributed by atoms with Gasteiger partial charge < -0.3 is 14.5 Å². The number of benzene rings is 1. The van der Waals surface area contributed by atoms with E-state index in [4.69, 9.17) is 4.74 Å². The normalized spacial score (nSPS) is 15.9. The lowest BCUT2D eigenvalue weighted by Crippen LogP contribution is -2.50. The average molecular weight is 312 g/mol. The van der Waals surface area contributed by atoms with Gasteiger partial charge in [-0.2, -0.15) is 0 Å². The number of rotatable bonds is 2. The fourth-order valence-electron chi connectivity index (χ4n) is 2.32. The molecule has 1 aliphatic rings. The lowest BCUT2D eigenvalue weighted by Gasteiger charge is -2.36. The Morgan fingerprint density at radius 1 is 1.23 bits per heavy atom. The van der Waals surface area contributed by atoms with E-state index in [1.54, 1.807) is 11.0 Å². The van der Waals surface area contributed by atoms with Crippen molar-refractivity contribution in [3.05, 3.63) is 29.6 Å². The molecule has 0 atom stereocenters. The Hall–Kier alpha value is -1.85. The number of amides is 1. The third kappa shape index (κ3) is 4.08. The van der Waals surface area contributed by atoms with E-state index in [-0.39, 0.29) is 11.7 Å². The van der Waals surface area contributed by atoms with Crippen molar-refractivity contribution in [2.24, 2.45) is 0 Å². The maximum Gasteiger partial charge on any atom is 0.410 e. The van der Waals surface area contributed by atoms with Crippen LogP contribution in [-0.2, 0) is 11.4 Å². The molecule has 0 saturated carbocycles. The van der Waals surface area contributed by atoms with Gasteiger partial charge in [-0.05, 0) is 32.9 Å². The molecule has 122 valence electrons. The minimum atomic E-state index is -0.807. The van der Waals surface area contributed by atoms with Crippen molar-refractivity contribution in [1.29, 1.82) is 0 Å². The van der Waals surface area contributed by atoms with Crippen LogP contribution in [0.25, 0.3) is 0 Å². The molecule has 2 rings (SSSR count). The Morgan fingerprint density at radius 3 is 2.36 bits per heavy atom. The summed E-state index contributed by atoms with van der Waals surface area (Å²) in [6.45, 7) is 6.89. The molecule has 0 aromatic heterocycles. The van der Waals surface area contributed by atoms with Crippen molar-refractivity contribution in [3.63, 3.8) is 0 Å². The standard InChI is InChI=1S/C16H22F2N2O2/c1-16(2,3)22-15(21)20-8-6-19(7-9-20)13-5-4-12(11-17)14(18)10-13/h4-5,10H,6-9,11H2,1-3H3. The van der Waals surface area contributed by atoms with Crippen LogP contribution in [-0.4, -0.2) is 42.8 Å². The number of anilines is 1. The molecule has 0 aliphatic carbocycles. The maximum absolute atomic E-state index is 13.6. The van der Waals surface area contributed by atoms with Crippen molar-refractivity contribution < 1.29 is 18.3 Å². The Balaban J connectivity index is 1.94. The number of hydrogen-bond donors (Lipinski definition) is 0. The van der Waals surface area contributed by atoms with E-state index in [1.807, 2.05) is 25.7 Å². The third-order valence-electron chi connectivity index (χ3n) is 3.48. The van der Waals surface area contributed by atoms with Crippen LogP contribution >= 0.6 is 0 Å². The summed E-state index contributed by atoms with van der Waals surface area (Å²) in [7, 11) is 0. The van der Waals surface area contributed by atoms with E-state index in [0.717, 1.165) is 0 Å². The van der Waals surface area contributed by atoms with E-state index in [2.05, 4.69) is 0 Å². The average Bonchev–Trinajstić information content (AvgIpc) is 2.45. The summed E-state index contributed by atoms with van der Waals surface area (Å²) in [6.07, 6.45) is -0.328. The highest BCUT2D eigenvalue weighted by Crippen LogP contribution is 2.21.